The SMILES string of the molecule is CCOC(=O)c1cc2ccccc2nc1Cn1cnc(C)c1. The largest absolute Gasteiger partial charge is 0.462 e. The van der Waals surface area contributed by atoms with Gasteiger partial charge in [0.1, 0.15) is 0 Å². The van der Waals surface area contributed by atoms with Crippen LogP contribution < -0.4 is 0 Å². The summed E-state index contributed by atoms with van der Waals surface area (Å²) in [4.78, 5) is 21.1. The maximum absolute atomic E-state index is 12.2. The summed E-state index contributed by atoms with van der Waals surface area (Å²) in [6, 6.07) is 9.59. The fourth-order valence-corrected chi connectivity index (χ4v) is 2.39. The van der Waals surface area contributed by atoms with Crippen LogP contribution in [0.15, 0.2) is 42.9 Å². The number of hydrogen-bond donors (Lipinski definition) is 0. The second-order valence-electron chi connectivity index (χ2n) is 5.08. The number of nitrogens with zero attached hydrogens (tertiary/aromatic N) is 3. The Morgan fingerprint density at radius 3 is 2.86 bits per heavy atom. The lowest BCUT2D eigenvalue weighted by Gasteiger charge is -2.10. The lowest BCUT2D eigenvalue weighted by molar-refractivity contribution is 0.0524. The summed E-state index contributed by atoms with van der Waals surface area (Å²) in [5, 5.41) is 0.927. The van der Waals surface area contributed by atoms with Crippen LogP contribution in [0.4, 0.5) is 0 Å². The molecule has 0 fully saturated rings. The highest BCUT2D eigenvalue weighted by atomic mass is 16.5. The number of rotatable bonds is 4. The van der Waals surface area contributed by atoms with Gasteiger partial charge in [-0.25, -0.2) is 9.78 Å². The van der Waals surface area contributed by atoms with Gasteiger partial charge in [0, 0.05) is 11.6 Å². The molecule has 0 aliphatic rings. The zero-order valence-corrected chi connectivity index (χ0v) is 12.6. The van der Waals surface area contributed by atoms with Gasteiger partial charge in [-0.1, -0.05) is 18.2 Å². The Hall–Kier alpha value is -2.69. The van der Waals surface area contributed by atoms with E-state index in [-0.39, 0.29) is 5.97 Å². The zero-order valence-electron chi connectivity index (χ0n) is 12.6. The molecule has 112 valence electrons. The molecular weight excluding hydrogens is 278 g/mol. The van der Waals surface area contributed by atoms with E-state index in [1.807, 2.05) is 48.0 Å². The summed E-state index contributed by atoms with van der Waals surface area (Å²) >= 11 is 0. The van der Waals surface area contributed by atoms with Gasteiger partial charge in [0.15, 0.2) is 0 Å². The number of aromatic nitrogens is 3. The highest BCUT2D eigenvalue weighted by molar-refractivity contribution is 5.95. The number of fused-ring (bicyclic) bond motifs is 1. The lowest BCUT2D eigenvalue weighted by atomic mass is 10.1. The van der Waals surface area contributed by atoms with Crippen LogP contribution in [-0.2, 0) is 11.3 Å². The van der Waals surface area contributed by atoms with Gasteiger partial charge in [-0.15, -0.1) is 0 Å². The van der Waals surface area contributed by atoms with Gasteiger partial charge in [0.05, 0.1) is 41.9 Å². The van der Waals surface area contributed by atoms with E-state index < -0.39 is 0 Å². The molecule has 3 aromatic rings. The molecule has 0 saturated heterocycles. The predicted octanol–water partition coefficient (Wildman–Crippen LogP) is 2.96. The van der Waals surface area contributed by atoms with E-state index in [0.29, 0.717) is 24.4 Å². The van der Waals surface area contributed by atoms with Crippen molar-refractivity contribution in [2.24, 2.45) is 0 Å². The van der Waals surface area contributed by atoms with E-state index in [2.05, 4.69) is 9.97 Å². The molecule has 2 heterocycles. The van der Waals surface area contributed by atoms with Crippen LogP contribution in [0.3, 0.4) is 0 Å². The molecule has 3 rings (SSSR count). The predicted molar refractivity (Wildman–Crippen MR) is 83.8 cm³/mol. The van der Waals surface area contributed by atoms with Gasteiger partial charge in [0.25, 0.3) is 0 Å². The number of benzene rings is 1. The van der Waals surface area contributed by atoms with Crippen LogP contribution in [-0.4, -0.2) is 27.1 Å². The molecular formula is C17H17N3O2. The topological polar surface area (TPSA) is 57.0 Å². The average molecular weight is 295 g/mol. The molecule has 22 heavy (non-hydrogen) atoms. The Balaban J connectivity index is 2.08. The normalized spacial score (nSPS) is 10.8. The van der Waals surface area contributed by atoms with Crippen molar-refractivity contribution >= 4 is 16.9 Å². The van der Waals surface area contributed by atoms with Crippen molar-refractivity contribution in [2.45, 2.75) is 20.4 Å². The molecule has 0 aliphatic heterocycles. The number of hydrogen-bond acceptors (Lipinski definition) is 4. The molecule has 5 heteroatoms. The minimum atomic E-state index is -0.340. The molecule has 0 saturated carbocycles. The molecule has 0 amide bonds. The van der Waals surface area contributed by atoms with Crippen LogP contribution in [0.25, 0.3) is 10.9 Å². The van der Waals surface area contributed by atoms with Crippen LogP contribution in [0, 0.1) is 6.92 Å². The fourth-order valence-electron chi connectivity index (χ4n) is 2.39. The molecule has 1 aromatic carbocycles. The van der Waals surface area contributed by atoms with Gasteiger partial charge < -0.3 is 9.30 Å². The van der Waals surface area contributed by atoms with Gasteiger partial charge in [0.2, 0.25) is 0 Å². The van der Waals surface area contributed by atoms with E-state index in [1.54, 1.807) is 13.3 Å². The van der Waals surface area contributed by atoms with E-state index in [0.717, 1.165) is 16.6 Å². The molecule has 0 spiro atoms. The maximum atomic E-state index is 12.2. The van der Waals surface area contributed by atoms with Crippen molar-refractivity contribution in [2.75, 3.05) is 6.61 Å². The van der Waals surface area contributed by atoms with Gasteiger partial charge >= 0.3 is 5.97 Å². The Kier molecular flexibility index (Phi) is 3.87. The third-order valence-electron chi connectivity index (χ3n) is 3.39. The van der Waals surface area contributed by atoms with E-state index in [1.165, 1.54) is 0 Å². The first-order chi connectivity index (χ1) is 10.7. The monoisotopic (exact) mass is 295 g/mol. The number of esters is 1. The summed E-state index contributed by atoms with van der Waals surface area (Å²) in [7, 11) is 0. The first-order valence-corrected chi connectivity index (χ1v) is 7.21. The molecule has 0 atom stereocenters. The van der Waals surface area contributed by atoms with Crippen LogP contribution in [0.1, 0.15) is 28.7 Å². The third kappa shape index (κ3) is 2.83. The molecule has 5 nitrogen and oxygen atoms in total. The molecule has 0 aliphatic carbocycles. The average Bonchev–Trinajstić information content (AvgIpc) is 2.92. The van der Waals surface area contributed by atoms with Gasteiger partial charge in [-0.05, 0) is 26.0 Å². The smallest absolute Gasteiger partial charge is 0.340 e. The summed E-state index contributed by atoms with van der Waals surface area (Å²) in [6.45, 7) is 4.55. The van der Waals surface area contributed by atoms with Crippen molar-refractivity contribution in [1.82, 2.24) is 14.5 Å². The minimum Gasteiger partial charge on any atom is -0.462 e. The van der Waals surface area contributed by atoms with E-state index in [9.17, 15) is 4.79 Å². The summed E-state index contributed by atoms with van der Waals surface area (Å²) in [5.74, 6) is -0.340. The Morgan fingerprint density at radius 1 is 1.32 bits per heavy atom. The van der Waals surface area contributed by atoms with Crippen molar-refractivity contribution in [1.29, 1.82) is 0 Å². The van der Waals surface area contributed by atoms with Crippen molar-refractivity contribution < 1.29 is 9.53 Å². The standard InChI is InChI=1S/C17H17N3O2/c1-3-22-17(21)14-8-13-6-4-5-7-15(13)19-16(14)10-20-9-12(2)18-11-20/h4-9,11H,3,10H2,1-2H3. The molecule has 0 bridgehead atoms. The van der Waals surface area contributed by atoms with Crippen molar-refractivity contribution in [3.8, 4) is 0 Å². The van der Waals surface area contributed by atoms with Crippen molar-refractivity contribution in [3.63, 3.8) is 0 Å². The van der Waals surface area contributed by atoms with Crippen LogP contribution in [0.2, 0.25) is 0 Å². The van der Waals surface area contributed by atoms with Crippen LogP contribution in [0.5, 0.6) is 0 Å². The number of carbonyl (C=O) groups is 1. The molecule has 2 aromatic heterocycles. The zero-order chi connectivity index (χ0) is 15.5. The third-order valence-corrected chi connectivity index (χ3v) is 3.39. The maximum Gasteiger partial charge on any atom is 0.340 e. The Morgan fingerprint density at radius 2 is 2.14 bits per heavy atom. The summed E-state index contributed by atoms with van der Waals surface area (Å²) in [5.41, 5.74) is 2.99. The lowest BCUT2D eigenvalue weighted by Crippen LogP contribution is -2.12. The first kappa shape index (κ1) is 14.3. The second-order valence-corrected chi connectivity index (χ2v) is 5.08. The fraction of sp³-hybridized carbons (Fsp3) is 0.235. The summed E-state index contributed by atoms with van der Waals surface area (Å²) < 4.78 is 7.07. The van der Waals surface area contributed by atoms with Gasteiger partial charge in [-0.3, -0.25) is 4.98 Å². The number of para-hydroxylation sites is 1. The van der Waals surface area contributed by atoms with Crippen molar-refractivity contribution in [3.05, 3.63) is 59.8 Å². The first-order valence-electron chi connectivity index (χ1n) is 7.21. The highest BCUT2D eigenvalue weighted by Crippen LogP contribution is 2.19. The molecule has 0 radical (unpaired) electrons. The number of ether oxygens (including phenoxy) is 1. The van der Waals surface area contributed by atoms with E-state index >= 15 is 0 Å². The highest BCUT2D eigenvalue weighted by Gasteiger charge is 2.16. The Bertz CT molecular complexity index is 824. The van der Waals surface area contributed by atoms with Crippen LogP contribution >= 0.6 is 0 Å². The number of pyridine rings is 1. The second kappa shape index (κ2) is 5.97. The quantitative estimate of drug-likeness (QED) is 0.694. The molecule has 0 unspecified atom stereocenters. The Labute approximate surface area is 128 Å². The minimum absolute atomic E-state index is 0.340. The summed E-state index contributed by atoms with van der Waals surface area (Å²) in [6.07, 6.45) is 3.66. The van der Waals surface area contributed by atoms with Gasteiger partial charge in [-0.2, -0.15) is 0 Å². The number of aryl methyl sites for hydroxylation is 1. The number of imidazole rings is 1. The number of carbonyl (C=O) groups excluding carboxylic acids is 1. The van der Waals surface area contributed by atoms with E-state index in [4.69, 9.17) is 4.74 Å². The molecule has 0 N–H and O–H groups in total.